The average Bonchev–Trinajstić information content (AvgIpc) is 2.80. The van der Waals surface area contributed by atoms with Crippen molar-refractivity contribution < 1.29 is 21.6 Å². The fourth-order valence-electron chi connectivity index (χ4n) is 1.32. The van der Waals surface area contributed by atoms with Gasteiger partial charge in [-0.25, -0.2) is 13.4 Å². The van der Waals surface area contributed by atoms with E-state index < -0.39 is 26.7 Å². The summed E-state index contributed by atoms with van der Waals surface area (Å²) in [7, 11) is -4.36. The molecule has 2 rings (SSSR count). The molecule has 0 unspecified atom stereocenters. The van der Waals surface area contributed by atoms with Crippen molar-refractivity contribution in [3.05, 3.63) is 36.2 Å². The summed E-state index contributed by atoms with van der Waals surface area (Å²) in [5.74, 6) is 0. The summed E-state index contributed by atoms with van der Waals surface area (Å²) in [4.78, 5) is 2.71. The van der Waals surface area contributed by atoms with Gasteiger partial charge in [-0.2, -0.15) is 17.5 Å². The van der Waals surface area contributed by atoms with Gasteiger partial charge in [0.05, 0.1) is 10.5 Å². The van der Waals surface area contributed by atoms with Crippen molar-refractivity contribution in [2.45, 2.75) is 11.1 Å². The standard InChI is InChI=1S/C9H6F3N3O2S2/c10-9(11,12)6-3-1-2-4-7(6)19(16,17)15-8-13-5-14-18-8/h1-5H,(H,13,14,15). The third kappa shape index (κ3) is 3.01. The Labute approximate surface area is 110 Å². The van der Waals surface area contributed by atoms with Crippen LogP contribution in [-0.2, 0) is 16.2 Å². The van der Waals surface area contributed by atoms with Gasteiger partial charge in [-0.15, -0.1) is 0 Å². The zero-order chi connectivity index (χ0) is 14.1. The summed E-state index contributed by atoms with van der Waals surface area (Å²) < 4.78 is 67.5. The van der Waals surface area contributed by atoms with Gasteiger partial charge in [-0.05, 0) is 12.1 Å². The topological polar surface area (TPSA) is 72.0 Å². The minimum Gasteiger partial charge on any atom is -0.253 e. The average molecular weight is 309 g/mol. The van der Waals surface area contributed by atoms with Crippen LogP contribution in [0.15, 0.2) is 35.5 Å². The molecule has 19 heavy (non-hydrogen) atoms. The second-order valence-electron chi connectivity index (χ2n) is 3.35. The van der Waals surface area contributed by atoms with Crippen LogP contribution in [0.2, 0.25) is 0 Å². The summed E-state index contributed by atoms with van der Waals surface area (Å²) in [6.07, 6.45) is -3.66. The highest BCUT2D eigenvalue weighted by Crippen LogP contribution is 2.34. The molecule has 0 aliphatic heterocycles. The number of hydrogen-bond donors (Lipinski definition) is 1. The molecule has 1 aromatic heterocycles. The molecule has 0 spiro atoms. The van der Waals surface area contributed by atoms with E-state index in [-0.39, 0.29) is 5.13 Å². The molecule has 0 saturated heterocycles. The van der Waals surface area contributed by atoms with Gasteiger partial charge in [-0.1, -0.05) is 12.1 Å². The van der Waals surface area contributed by atoms with Gasteiger partial charge in [0, 0.05) is 11.5 Å². The maximum Gasteiger partial charge on any atom is 0.417 e. The fraction of sp³-hybridized carbons (Fsp3) is 0.111. The zero-order valence-electron chi connectivity index (χ0n) is 9.05. The van der Waals surface area contributed by atoms with E-state index in [0.29, 0.717) is 6.07 Å². The number of sulfonamides is 1. The van der Waals surface area contributed by atoms with Crippen molar-refractivity contribution in [3.63, 3.8) is 0 Å². The molecule has 2 aromatic rings. The van der Waals surface area contributed by atoms with Gasteiger partial charge in [0.2, 0.25) is 5.13 Å². The van der Waals surface area contributed by atoms with Crippen molar-refractivity contribution >= 4 is 26.7 Å². The molecule has 0 radical (unpaired) electrons. The van der Waals surface area contributed by atoms with E-state index in [1.807, 2.05) is 4.72 Å². The quantitative estimate of drug-likeness (QED) is 0.944. The Kier molecular flexibility index (Phi) is 3.45. The number of benzene rings is 1. The second-order valence-corrected chi connectivity index (χ2v) is 5.78. The lowest BCUT2D eigenvalue weighted by Gasteiger charge is -2.12. The summed E-state index contributed by atoms with van der Waals surface area (Å²) in [6, 6.07) is 3.91. The van der Waals surface area contributed by atoms with Crippen LogP contribution in [0, 0.1) is 0 Å². The summed E-state index contributed by atoms with van der Waals surface area (Å²) in [5, 5.41) is -0.100. The third-order valence-corrected chi connectivity index (χ3v) is 4.17. The number of aromatic nitrogens is 2. The molecular weight excluding hydrogens is 303 g/mol. The minimum absolute atomic E-state index is 0.100. The Balaban J connectivity index is 2.47. The highest BCUT2D eigenvalue weighted by molar-refractivity contribution is 7.93. The van der Waals surface area contributed by atoms with Crippen molar-refractivity contribution in [2.24, 2.45) is 0 Å². The summed E-state index contributed by atoms with van der Waals surface area (Å²) in [6.45, 7) is 0. The molecule has 0 amide bonds. The van der Waals surface area contributed by atoms with Gasteiger partial charge in [0.25, 0.3) is 10.0 Å². The van der Waals surface area contributed by atoms with Crippen LogP contribution in [0.5, 0.6) is 0 Å². The van der Waals surface area contributed by atoms with Crippen LogP contribution < -0.4 is 4.72 Å². The first-order chi connectivity index (χ1) is 8.81. The maximum absolute atomic E-state index is 12.7. The number of hydrogen-bond acceptors (Lipinski definition) is 5. The Morgan fingerprint density at radius 3 is 2.47 bits per heavy atom. The minimum atomic E-state index is -4.76. The lowest BCUT2D eigenvalue weighted by Crippen LogP contribution is -2.18. The lowest BCUT2D eigenvalue weighted by molar-refractivity contribution is -0.139. The van der Waals surface area contributed by atoms with Crippen LogP contribution in [0.4, 0.5) is 18.3 Å². The molecule has 0 atom stereocenters. The van der Waals surface area contributed by atoms with E-state index >= 15 is 0 Å². The lowest BCUT2D eigenvalue weighted by atomic mass is 10.2. The maximum atomic E-state index is 12.7. The predicted molar refractivity (Wildman–Crippen MR) is 62.2 cm³/mol. The van der Waals surface area contributed by atoms with E-state index in [4.69, 9.17) is 0 Å². The first-order valence-corrected chi connectivity index (χ1v) is 7.02. The van der Waals surface area contributed by atoms with Crippen molar-refractivity contribution in [2.75, 3.05) is 4.72 Å². The van der Waals surface area contributed by atoms with Gasteiger partial charge in [-0.3, -0.25) is 4.72 Å². The molecule has 0 saturated carbocycles. The van der Waals surface area contributed by atoms with Gasteiger partial charge in [0.1, 0.15) is 6.33 Å². The SMILES string of the molecule is O=S(=O)(Nc1ncns1)c1ccccc1C(F)(F)F. The normalized spacial score (nSPS) is 12.4. The summed E-state index contributed by atoms with van der Waals surface area (Å²) >= 11 is 0.725. The molecule has 5 nitrogen and oxygen atoms in total. The molecule has 0 fully saturated rings. The van der Waals surface area contributed by atoms with Crippen LogP contribution in [0.25, 0.3) is 0 Å². The molecule has 0 aliphatic rings. The first-order valence-electron chi connectivity index (χ1n) is 4.76. The molecule has 0 aliphatic carbocycles. The molecule has 102 valence electrons. The monoisotopic (exact) mass is 309 g/mol. The van der Waals surface area contributed by atoms with Gasteiger partial charge in [0.15, 0.2) is 0 Å². The van der Waals surface area contributed by atoms with E-state index in [1.54, 1.807) is 0 Å². The number of anilines is 1. The summed E-state index contributed by atoms with van der Waals surface area (Å²) in [5.41, 5.74) is -1.23. The van der Waals surface area contributed by atoms with Crippen molar-refractivity contribution in [1.82, 2.24) is 9.36 Å². The van der Waals surface area contributed by atoms with E-state index in [2.05, 4.69) is 9.36 Å². The van der Waals surface area contributed by atoms with Crippen molar-refractivity contribution in [1.29, 1.82) is 0 Å². The number of nitrogens with one attached hydrogen (secondary N) is 1. The number of halogens is 3. The molecule has 10 heteroatoms. The van der Waals surface area contributed by atoms with E-state index in [0.717, 1.165) is 30.0 Å². The van der Waals surface area contributed by atoms with E-state index in [1.165, 1.54) is 6.07 Å². The van der Waals surface area contributed by atoms with Gasteiger partial charge < -0.3 is 0 Å². The largest absolute Gasteiger partial charge is 0.417 e. The molecule has 1 heterocycles. The Hall–Kier alpha value is -1.68. The third-order valence-electron chi connectivity index (χ3n) is 2.06. The predicted octanol–water partition coefficient (Wildman–Crippen LogP) is 2.36. The Morgan fingerprint density at radius 2 is 1.89 bits per heavy atom. The molecular formula is C9H6F3N3O2S2. The number of alkyl halides is 3. The Morgan fingerprint density at radius 1 is 1.21 bits per heavy atom. The van der Waals surface area contributed by atoms with Crippen molar-refractivity contribution in [3.8, 4) is 0 Å². The molecule has 1 N–H and O–H groups in total. The number of rotatable bonds is 3. The highest BCUT2D eigenvalue weighted by Gasteiger charge is 2.37. The molecule has 1 aromatic carbocycles. The van der Waals surface area contributed by atoms with Crippen LogP contribution in [0.1, 0.15) is 5.56 Å². The van der Waals surface area contributed by atoms with Crippen LogP contribution >= 0.6 is 11.5 Å². The van der Waals surface area contributed by atoms with Crippen LogP contribution in [0.3, 0.4) is 0 Å². The first kappa shape index (κ1) is 13.7. The fourth-order valence-corrected chi connectivity index (χ4v) is 3.21. The molecule has 0 bridgehead atoms. The highest BCUT2D eigenvalue weighted by atomic mass is 32.2. The van der Waals surface area contributed by atoms with Gasteiger partial charge >= 0.3 is 6.18 Å². The number of nitrogens with zero attached hydrogens (tertiary/aromatic N) is 2. The van der Waals surface area contributed by atoms with E-state index in [9.17, 15) is 21.6 Å². The Bertz CT molecular complexity index is 668. The van der Waals surface area contributed by atoms with Crippen LogP contribution in [-0.4, -0.2) is 17.8 Å². The smallest absolute Gasteiger partial charge is 0.253 e. The zero-order valence-corrected chi connectivity index (χ0v) is 10.7. The second kappa shape index (κ2) is 4.78.